The Morgan fingerprint density at radius 3 is 3.11 bits per heavy atom. The number of hydrogen-bond donors (Lipinski definition) is 1. The summed E-state index contributed by atoms with van der Waals surface area (Å²) in [5.41, 5.74) is 0.583. The Balaban J connectivity index is 1.95. The highest BCUT2D eigenvalue weighted by molar-refractivity contribution is 5.65. The number of oxazole rings is 1. The van der Waals surface area contributed by atoms with Crippen LogP contribution >= 0.6 is 0 Å². The van der Waals surface area contributed by atoms with Gasteiger partial charge in [0.05, 0.1) is 24.9 Å². The van der Waals surface area contributed by atoms with Crippen molar-refractivity contribution in [3.05, 3.63) is 36.1 Å². The minimum Gasteiger partial charge on any atom is -0.496 e. The van der Waals surface area contributed by atoms with Gasteiger partial charge in [-0.25, -0.2) is 9.37 Å². The van der Waals surface area contributed by atoms with Crippen molar-refractivity contribution in [3.8, 4) is 17.1 Å². The molecule has 1 saturated heterocycles. The van der Waals surface area contributed by atoms with Crippen LogP contribution in [-0.2, 0) is 0 Å². The topological polar surface area (TPSA) is 47.3 Å². The van der Waals surface area contributed by atoms with Crippen molar-refractivity contribution in [2.75, 3.05) is 13.7 Å². The van der Waals surface area contributed by atoms with Crippen LogP contribution < -0.4 is 10.1 Å². The molecular weight excluding hydrogens is 247 g/mol. The highest BCUT2D eigenvalue weighted by atomic mass is 19.1. The van der Waals surface area contributed by atoms with Gasteiger partial charge in [0.1, 0.15) is 11.6 Å². The molecule has 100 valence electrons. The Morgan fingerprint density at radius 1 is 1.47 bits per heavy atom. The van der Waals surface area contributed by atoms with E-state index in [0.29, 0.717) is 23.0 Å². The highest BCUT2D eigenvalue weighted by Gasteiger charge is 2.22. The van der Waals surface area contributed by atoms with E-state index in [1.54, 1.807) is 19.4 Å². The van der Waals surface area contributed by atoms with E-state index in [1.165, 1.54) is 12.1 Å². The van der Waals surface area contributed by atoms with Crippen molar-refractivity contribution in [1.82, 2.24) is 10.3 Å². The lowest BCUT2D eigenvalue weighted by Gasteiger charge is -2.06. The first-order chi connectivity index (χ1) is 9.28. The van der Waals surface area contributed by atoms with Crippen molar-refractivity contribution in [2.45, 2.75) is 18.9 Å². The third kappa shape index (κ3) is 2.33. The summed E-state index contributed by atoms with van der Waals surface area (Å²) in [4.78, 5) is 4.27. The molecule has 1 N–H and O–H groups in total. The lowest BCUT2D eigenvalue weighted by atomic mass is 10.1. The number of benzene rings is 1. The first-order valence-electron chi connectivity index (χ1n) is 6.31. The molecule has 5 heteroatoms. The normalized spacial score (nSPS) is 18.7. The molecule has 2 heterocycles. The predicted octanol–water partition coefficient (Wildman–Crippen LogP) is 2.91. The number of nitrogens with zero attached hydrogens (tertiary/aromatic N) is 1. The number of methoxy groups -OCH3 is 1. The zero-order valence-corrected chi connectivity index (χ0v) is 10.6. The summed E-state index contributed by atoms with van der Waals surface area (Å²) < 4.78 is 24.3. The maximum atomic E-state index is 13.3. The van der Waals surface area contributed by atoms with Crippen molar-refractivity contribution in [3.63, 3.8) is 0 Å². The van der Waals surface area contributed by atoms with Gasteiger partial charge in [-0.1, -0.05) is 0 Å². The number of ether oxygens (including phenoxy) is 1. The summed E-state index contributed by atoms with van der Waals surface area (Å²) in [6, 6.07) is 4.50. The van der Waals surface area contributed by atoms with Crippen LogP contribution in [0.5, 0.6) is 5.75 Å². The third-order valence-electron chi connectivity index (χ3n) is 3.31. The second kappa shape index (κ2) is 5.01. The number of nitrogens with one attached hydrogen (secondary N) is 1. The van der Waals surface area contributed by atoms with Gasteiger partial charge in [0, 0.05) is 0 Å². The summed E-state index contributed by atoms with van der Waals surface area (Å²) in [6.45, 7) is 0.978. The maximum absolute atomic E-state index is 13.3. The molecule has 1 fully saturated rings. The average molecular weight is 262 g/mol. The summed E-state index contributed by atoms with van der Waals surface area (Å²) in [5, 5.41) is 3.32. The first-order valence-corrected chi connectivity index (χ1v) is 6.31. The molecule has 0 bridgehead atoms. The Kier molecular flexibility index (Phi) is 3.21. The molecule has 2 aromatic rings. The quantitative estimate of drug-likeness (QED) is 0.924. The summed E-state index contributed by atoms with van der Waals surface area (Å²) in [5.74, 6) is 1.43. The fraction of sp³-hybridized carbons (Fsp3) is 0.357. The molecule has 1 aromatic heterocycles. The molecule has 1 atom stereocenters. The van der Waals surface area contributed by atoms with Crippen LogP contribution in [0.3, 0.4) is 0 Å². The summed E-state index contributed by atoms with van der Waals surface area (Å²) in [6.07, 6.45) is 3.75. The van der Waals surface area contributed by atoms with Crippen LogP contribution in [0.25, 0.3) is 11.3 Å². The van der Waals surface area contributed by atoms with Gasteiger partial charge in [-0.05, 0) is 37.6 Å². The van der Waals surface area contributed by atoms with E-state index in [-0.39, 0.29) is 11.9 Å². The van der Waals surface area contributed by atoms with Gasteiger partial charge in [-0.2, -0.15) is 0 Å². The van der Waals surface area contributed by atoms with E-state index >= 15 is 0 Å². The SMILES string of the molecule is COc1ccc(F)cc1-c1cnc(C2CCCN2)o1. The summed E-state index contributed by atoms with van der Waals surface area (Å²) in [7, 11) is 1.55. The van der Waals surface area contributed by atoms with E-state index in [2.05, 4.69) is 10.3 Å². The van der Waals surface area contributed by atoms with Crippen LogP contribution in [0.2, 0.25) is 0 Å². The van der Waals surface area contributed by atoms with Crippen LogP contribution in [0, 0.1) is 5.82 Å². The monoisotopic (exact) mass is 262 g/mol. The van der Waals surface area contributed by atoms with Gasteiger partial charge in [0.15, 0.2) is 5.76 Å². The molecule has 0 amide bonds. The van der Waals surface area contributed by atoms with Gasteiger partial charge in [0.25, 0.3) is 0 Å². The molecule has 4 nitrogen and oxygen atoms in total. The molecular formula is C14H15FN2O2. The molecule has 0 aliphatic carbocycles. The van der Waals surface area contributed by atoms with Crippen molar-refractivity contribution in [1.29, 1.82) is 0 Å². The molecule has 1 aliphatic heterocycles. The molecule has 1 aromatic carbocycles. The second-order valence-corrected chi connectivity index (χ2v) is 4.56. The third-order valence-corrected chi connectivity index (χ3v) is 3.31. The van der Waals surface area contributed by atoms with Crippen LogP contribution in [0.1, 0.15) is 24.8 Å². The van der Waals surface area contributed by atoms with Crippen LogP contribution in [0.15, 0.2) is 28.8 Å². The smallest absolute Gasteiger partial charge is 0.212 e. The lowest BCUT2D eigenvalue weighted by Crippen LogP contribution is -2.12. The second-order valence-electron chi connectivity index (χ2n) is 4.56. The van der Waals surface area contributed by atoms with Gasteiger partial charge in [-0.15, -0.1) is 0 Å². The first kappa shape index (κ1) is 12.2. The molecule has 0 radical (unpaired) electrons. The Bertz CT molecular complexity index is 577. The molecule has 0 spiro atoms. The van der Waals surface area contributed by atoms with E-state index in [4.69, 9.17) is 9.15 Å². The van der Waals surface area contributed by atoms with Crippen molar-refractivity contribution < 1.29 is 13.5 Å². The predicted molar refractivity (Wildman–Crippen MR) is 68.4 cm³/mol. The zero-order chi connectivity index (χ0) is 13.2. The van der Waals surface area contributed by atoms with Gasteiger partial charge >= 0.3 is 0 Å². The molecule has 0 saturated carbocycles. The number of hydrogen-bond acceptors (Lipinski definition) is 4. The van der Waals surface area contributed by atoms with E-state index in [1.807, 2.05) is 0 Å². The molecule has 1 aliphatic rings. The molecule has 1 unspecified atom stereocenters. The standard InChI is InChI=1S/C14H15FN2O2/c1-18-12-5-4-9(15)7-10(12)13-8-17-14(19-13)11-3-2-6-16-11/h4-5,7-8,11,16H,2-3,6H2,1H3. The van der Waals surface area contributed by atoms with Crippen molar-refractivity contribution >= 4 is 0 Å². The van der Waals surface area contributed by atoms with E-state index in [9.17, 15) is 4.39 Å². The average Bonchev–Trinajstić information content (AvgIpc) is 3.09. The Labute approximate surface area is 110 Å². The summed E-state index contributed by atoms with van der Waals surface area (Å²) >= 11 is 0. The largest absolute Gasteiger partial charge is 0.496 e. The zero-order valence-electron chi connectivity index (χ0n) is 10.6. The minimum absolute atomic E-state index is 0.160. The van der Waals surface area contributed by atoms with Crippen molar-refractivity contribution in [2.24, 2.45) is 0 Å². The number of halogens is 1. The van der Waals surface area contributed by atoms with Crippen LogP contribution in [0.4, 0.5) is 4.39 Å². The number of aromatic nitrogens is 1. The fourth-order valence-corrected chi connectivity index (χ4v) is 2.34. The van der Waals surface area contributed by atoms with Crippen LogP contribution in [-0.4, -0.2) is 18.6 Å². The minimum atomic E-state index is -0.326. The highest BCUT2D eigenvalue weighted by Crippen LogP contribution is 2.33. The van der Waals surface area contributed by atoms with Gasteiger partial charge in [-0.3, -0.25) is 0 Å². The Morgan fingerprint density at radius 2 is 2.37 bits per heavy atom. The Hall–Kier alpha value is -1.88. The molecule has 19 heavy (non-hydrogen) atoms. The van der Waals surface area contributed by atoms with E-state index < -0.39 is 0 Å². The van der Waals surface area contributed by atoms with Gasteiger partial charge < -0.3 is 14.5 Å². The lowest BCUT2D eigenvalue weighted by molar-refractivity contribution is 0.409. The molecule has 3 rings (SSSR count). The van der Waals surface area contributed by atoms with E-state index in [0.717, 1.165) is 19.4 Å². The fourth-order valence-electron chi connectivity index (χ4n) is 2.34. The van der Waals surface area contributed by atoms with Gasteiger partial charge in [0.2, 0.25) is 5.89 Å². The maximum Gasteiger partial charge on any atom is 0.212 e. The number of rotatable bonds is 3.